The molecule has 7 aromatic rings. The van der Waals surface area contributed by atoms with Crippen LogP contribution in [-0.4, -0.2) is 0 Å². The minimum absolute atomic E-state index is 1.13. The lowest BCUT2D eigenvalue weighted by molar-refractivity contribution is 1.18. The van der Waals surface area contributed by atoms with Crippen molar-refractivity contribution < 1.29 is 0 Å². The fraction of sp³-hybridized carbons (Fsp3) is 0.143. The maximum absolute atomic E-state index is 2.45. The minimum atomic E-state index is 1.13. The van der Waals surface area contributed by atoms with Crippen LogP contribution in [0.3, 0.4) is 0 Å². The number of anilines is 6. The van der Waals surface area contributed by atoms with E-state index in [0.717, 1.165) is 22.7 Å². The smallest absolute Gasteiger partial charge is 0.0520 e. The Kier molecular flexibility index (Phi) is 9.34. The lowest BCUT2D eigenvalue weighted by atomic mass is 9.99. The van der Waals surface area contributed by atoms with E-state index in [4.69, 9.17) is 0 Å². The van der Waals surface area contributed by atoms with Crippen LogP contribution in [0, 0.1) is 48.5 Å². The normalized spacial score (nSPS) is 11.0. The highest BCUT2D eigenvalue weighted by Crippen LogP contribution is 2.45. The van der Waals surface area contributed by atoms with Crippen LogP contribution in [0.2, 0.25) is 0 Å². The summed E-state index contributed by atoms with van der Waals surface area (Å²) in [5.41, 5.74) is 20.5. The summed E-state index contributed by atoms with van der Waals surface area (Å²) in [6.07, 6.45) is 0. The van der Waals surface area contributed by atoms with Gasteiger partial charge in [-0.15, -0.1) is 0 Å². The standard InChI is InChI=1S/C49H46N2/c1-33-26-36(4)48(37(5)27-33)50(44-22-18-42(19-23-44)40-14-10-8-11-15-40)46-30-35(3)31-47(32-46)51(49-38(6)28-34(2)29-39(49)7)45-24-20-43(21-25-45)41-16-12-9-13-17-41/h8-32H,1-7H3. The second-order valence-electron chi connectivity index (χ2n) is 14.0. The fourth-order valence-corrected chi connectivity index (χ4v) is 7.73. The van der Waals surface area contributed by atoms with Crippen LogP contribution in [0.15, 0.2) is 152 Å². The fourth-order valence-electron chi connectivity index (χ4n) is 7.73. The zero-order chi connectivity index (χ0) is 35.6. The Morgan fingerprint density at radius 3 is 0.902 bits per heavy atom. The molecule has 0 unspecified atom stereocenters. The molecule has 0 aliphatic rings. The van der Waals surface area contributed by atoms with E-state index < -0.39 is 0 Å². The summed E-state index contributed by atoms with van der Waals surface area (Å²) in [7, 11) is 0. The number of hydrogen-bond acceptors (Lipinski definition) is 2. The topological polar surface area (TPSA) is 6.48 Å². The molecule has 7 rings (SSSR count). The second-order valence-corrected chi connectivity index (χ2v) is 14.0. The van der Waals surface area contributed by atoms with Crippen molar-refractivity contribution in [2.45, 2.75) is 48.5 Å². The molecule has 0 fully saturated rings. The highest BCUT2D eigenvalue weighted by Gasteiger charge is 2.22. The van der Waals surface area contributed by atoms with Crippen molar-refractivity contribution in [1.82, 2.24) is 0 Å². The molecule has 0 amide bonds. The number of benzene rings is 7. The molecule has 51 heavy (non-hydrogen) atoms. The first-order valence-corrected chi connectivity index (χ1v) is 17.8. The monoisotopic (exact) mass is 662 g/mol. The molecule has 0 aromatic heterocycles. The van der Waals surface area contributed by atoms with Crippen LogP contribution in [0.1, 0.15) is 38.9 Å². The summed E-state index contributed by atoms with van der Waals surface area (Å²) < 4.78 is 0. The summed E-state index contributed by atoms with van der Waals surface area (Å²) in [5.74, 6) is 0. The summed E-state index contributed by atoms with van der Waals surface area (Å²) in [4.78, 5) is 4.89. The number of rotatable bonds is 8. The van der Waals surface area contributed by atoms with Gasteiger partial charge in [-0.05, 0) is 141 Å². The van der Waals surface area contributed by atoms with Gasteiger partial charge < -0.3 is 9.80 Å². The summed E-state index contributed by atoms with van der Waals surface area (Å²) >= 11 is 0. The van der Waals surface area contributed by atoms with Crippen molar-refractivity contribution >= 4 is 34.1 Å². The zero-order valence-corrected chi connectivity index (χ0v) is 30.8. The quantitative estimate of drug-likeness (QED) is 0.160. The average molecular weight is 663 g/mol. The molecular weight excluding hydrogens is 617 g/mol. The van der Waals surface area contributed by atoms with Crippen molar-refractivity contribution in [3.05, 3.63) is 191 Å². The number of nitrogens with zero attached hydrogens (tertiary/aromatic N) is 2. The van der Waals surface area contributed by atoms with Crippen molar-refractivity contribution in [2.75, 3.05) is 9.80 Å². The molecule has 2 nitrogen and oxygen atoms in total. The molecule has 0 saturated carbocycles. The Hall–Kier alpha value is -5.86. The van der Waals surface area contributed by atoms with Gasteiger partial charge in [0, 0.05) is 22.7 Å². The van der Waals surface area contributed by atoms with Gasteiger partial charge in [0.2, 0.25) is 0 Å². The van der Waals surface area contributed by atoms with Gasteiger partial charge in [-0.3, -0.25) is 0 Å². The van der Waals surface area contributed by atoms with Crippen LogP contribution in [0.5, 0.6) is 0 Å². The van der Waals surface area contributed by atoms with Gasteiger partial charge in [0.25, 0.3) is 0 Å². The van der Waals surface area contributed by atoms with E-state index in [1.807, 2.05) is 0 Å². The highest BCUT2D eigenvalue weighted by atomic mass is 15.2. The molecule has 0 radical (unpaired) electrons. The van der Waals surface area contributed by atoms with Gasteiger partial charge in [0.05, 0.1) is 11.4 Å². The predicted molar refractivity (Wildman–Crippen MR) is 220 cm³/mol. The van der Waals surface area contributed by atoms with Gasteiger partial charge in [-0.2, -0.15) is 0 Å². The van der Waals surface area contributed by atoms with Crippen LogP contribution in [-0.2, 0) is 0 Å². The predicted octanol–water partition coefficient (Wildman–Crippen LogP) is 14.1. The van der Waals surface area contributed by atoms with Gasteiger partial charge in [0.1, 0.15) is 0 Å². The van der Waals surface area contributed by atoms with Gasteiger partial charge >= 0.3 is 0 Å². The Morgan fingerprint density at radius 1 is 0.275 bits per heavy atom. The van der Waals surface area contributed by atoms with E-state index in [9.17, 15) is 0 Å². The van der Waals surface area contributed by atoms with Gasteiger partial charge in [-0.1, -0.05) is 120 Å². The van der Waals surface area contributed by atoms with E-state index in [1.165, 1.54) is 72.6 Å². The molecule has 252 valence electrons. The third kappa shape index (κ3) is 6.96. The van der Waals surface area contributed by atoms with E-state index in [2.05, 4.69) is 210 Å². The number of hydrogen-bond donors (Lipinski definition) is 0. The minimum Gasteiger partial charge on any atom is -0.310 e. The van der Waals surface area contributed by atoms with Crippen molar-refractivity contribution in [3.63, 3.8) is 0 Å². The maximum Gasteiger partial charge on any atom is 0.0520 e. The third-order valence-electron chi connectivity index (χ3n) is 9.75. The highest BCUT2D eigenvalue weighted by molar-refractivity contribution is 5.87. The van der Waals surface area contributed by atoms with Crippen molar-refractivity contribution in [1.29, 1.82) is 0 Å². The molecule has 0 spiro atoms. The van der Waals surface area contributed by atoms with Gasteiger partial charge in [0.15, 0.2) is 0 Å². The summed E-state index contributed by atoms with van der Waals surface area (Å²) in [6, 6.07) is 55.4. The second kappa shape index (κ2) is 14.2. The first-order chi connectivity index (χ1) is 24.7. The van der Waals surface area contributed by atoms with E-state index in [1.54, 1.807) is 0 Å². The first-order valence-electron chi connectivity index (χ1n) is 17.8. The molecule has 0 saturated heterocycles. The lowest BCUT2D eigenvalue weighted by Gasteiger charge is -2.33. The summed E-state index contributed by atoms with van der Waals surface area (Å²) in [6.45, 7) is 15.5. The SMILES string of the molecule is Cc1cc(N(c2ccc(-c3ccccc3)cc2)c2c(C)cc(C)cc2C)cc(N(c2ccc(-c3ccccc3)cc2)c2c(C)cc(C)cc2C)c1. The molecule has 7 aromatic carbocycles. The Morgan fingerprint density at radius 2 is 0.569 bits per heavy atom. The molecular formula is C49H46N2. The summed E-state index contributed by atoms with van der Waals surface area (Å²) in [5, 5.41) is 0. The molecule has 0 aliphatic heterocycles. The van der Waals surface area contributed by atoms with Crippen molar-refractivity contribution in [3.8, 4) is 22.3 Å². The first kappa shape index (κ1) is 33.6. The van der Waals surface area contributed by atoms with Crippen LogP contribution in [0.25, 0.3) is 22.3 Å². The molecule has 2 heteroatoms. The molecule has 0 aliphatic carbocycles. The van der Waals surface area contributed by atoms with E-state index in [-0.39, 0.29) is 0 Å². The largest absolute Gasteiger partial charge is 0.310 e. The Balaban J connectivity index is 1.42. The zero-order valence-electron chi connectivity index (χ0n) is 30.8. The molecule has 0 N–H and O–H groups in total. The van der Waals surface area contributed by atoms with Crippen molar-refractivity contribution in [2.24, 2.45) is 0 Å². The molecule has 0 bridgehead atoms. The average Bonchev–Trinajstić information content (AvgIpc) is 3.12. The van der Waals surface area contributed by atoms with Gasteiger partial charge in [-0.25, -0.2) is 0 Å². The maximum atomic E-state index is 2.45. The van der Waals surface area contributed by atoms with E-state index >= 15 is 0 Å². The van der Waals surface area contributed by atoms with Crippen LogP contribution >= 0.6 is 0 Å². The Bertz CT molecular complexity index is 2090. The van der Waals surface area contributed by atoms with Crippen LogP contribution in [0.4, 0.5) is 34.1 Å². The number of aryl methyl sites for hydroxylation is 7. The van der Waals surface area contributed by atoms with E-state index in [0.29, 0.717) is 0 Å². The lowest BCUT2D eigenvalue weighted by Crippen LogP contribution is -2.16. The van der Waals surface area contributed by atoms with Crippen LogP contribution < -0.4 is 9.80 Å². The molecule has 0 heterocycles. The third-order valence-corrected chi connectivity index (χ3v) is 9.75. The Labute approximate surface area is 304 Å². The molecule has 0 atom stereocenters.